The molecule has 0 bridgehead atoms. The van der Waals surface area contributed by atoms with Crippen LogP contribution in [-0.4, -0.2) is 37.2 Å². The van der Waals surface area contributed by atoms with E-state index in [0.717, 1.165) is 4.47 Å². The number of rotatable bonds is 4. The van der Waals surface area contributed by atoms with E-state index < -0.39 is 12.0 Å². The Hall–Kier alpha value is -1.07. The second-order valence-corrected chi connectivity index (χ2v) is 4.51. The van der Waals surface area contributed by atoms with Crippen molar-refractivity contribution in [2.75, 3.05) is 21.2 Å². The first-order valence-electron chi connectivity index (χ1n) is 4.70. The van der Waals surface area contributed by atoms with Gasteiger partial charge in [-0.05, 0) is 32.3 Å². The second kappa shape index (κ2) is 5.32. The molecular weight excluding hydrogens is 274 g/mol. The molecule has 0 unspecified atom stereocenters. The number of methoxy groups -OCH3 is 1. The third-order valence-electron chi connectivity index (χ3n) is 2.24. The molecule has 1 atom stereocenters. The molecule has 0 spiro atoms. The number of ether oxygens (including phenoxy) is 1. The molecular formula is C11H14BrNO3. The summed E-state index contributed by atoms with van der Waals surface area (Å²) in [5.41, 5.74) is 0.634. The van der Waals surface area contributed by atoms with Crippen molar-refractivity contribution in [1.82, 2.24) is 4.90 Å². The van der Waals surface area contributed by atoms with Crippen LogP contribution in [0.5, 0.6) is 5.75 Å². The minimum atomic E-state index is -0.901. The zero-order chi connectivity index (χ0) is 12.3. The fourth-order valence-corrected chi connectivity index (χ4v) is 1.93. The van der Waals surface area contributed by atoms with Crippen molar-refractivity contribution in [1.29, 1.82) is 0 Å². The molecule has 0 heterocycles. The molecule has 4 nitrogen and oxygen atoms in total. The lowest BCUT2D eigenvalue weighted by Crippen LogP contribution is -2.27. The van der Waals surface area contributed by atoms with Gasteiger partial charge >= 0.3 is 5.97 Å². The third-order valence-corrected chi connectivity index (χ3v) is 2.73. The SMILES string of the molecule is COc1ccc(Br)cc1[C@@H](C(=O)O)N(C)C. The summed E-state index contributed by atoms with van der Waals surface area (Å²) in [4.78, 5) is 12.8. The van der Waals surface area contributed by atoms with Crippen molar-refractivity contribution in [3.8, 4) is 5.75 Å². The van der Waals surface area contributed by atoms with Gasteiger partial charge in [0.25, 0.3) is 0 Å². The van der Waals surface area contributed by atoms with Gasteiger partial charge in [-0.25, -0.2) is 0 Å². The molecule has 1 rings (SSSR count). The van der Waals surface area contributed by atoms with E-state index in [4.69, 9.17) is 4.74 Å². The van der Waals surface area contributed by atoms with Crippen molar-refractivity contribution in [3.05, 3.63) is 28.2 Å². The van der Waals surface area contributed by atoms with Crippen molar-refractivity contribution < 1.29 is 14.6 Å². The summed E-state index contributed by atoms with van der Waals surface area (Å²) in [6, 6.07) is 4.61. The Bertz CT molecular complexity index is 393. The number of carboxylic acids is 1. The summed E-state index contributed by atoms with van der Waals surface area (Å²) in [6.07, 6.45) is 0. The van der Waals surface area contributed by atoms with Gasteiger partial charge in [-0.15, -0.1) is 0 Å². The predicted molar refractivity (Wildman–Crippen MR) is 64.8 cm³/mol. The predicted octanol–water partition coefficient (Wildman–Crippen LogP) is 2.14. The molecule has 0 saturated carbocycles. The van der Waals surface area contributed by atoms with E-state index in [0.29, 0.717) is 11.3 Å². The van der Waals surface area contributed by atoms with Gasteiger partial charge in [-0.1, -0.05) is 15.9 Å². The van der Waals surface area contributed by atoms with Gasteiger partial charge in [0.05, 0.1) is 7.11 Å². The van der Waals surface area contributed by atoms with E-state index >= 15 is 0 Å². The number of aliphatic carboxylic acids is 1. The summed E-state index contributed by atoms with van der Waals surface area (Å²) >= 11 is 3.33. The van der Waals surface area contributed by atoms with Crippen LogP contribution in [0.15, 0.2) is 22.7 Å². The number of benzene rings is 1. The zero-order valence-electron chi connectivity index (χ0n) is 9.40. The number of carbonyl (C=O) groups is 1. The number of carboxylic acid groups (broad SMARTS) is 1. The second-order valence-electron chi connectivity index (χ2n) is 3.59. The standard InChI is InChI=1S/C11H14BrNO3/c1-13(2)10(11(14)15)8-6-7(12)4-5-9(8)16-3/h4-6,10H,1-3H3,(H,14,15)/t10-/m0/s1. The molecule has 0 saturated heterocycles. The van der Waals surface area contributed by atoms with Crippen molar-refractivity contribution in [2.45, 2.75) is 6.04 Å². The summed E-state index contributed by atoms with van der Waals surface area (Å²) in [5, 5.41) is 9.20. The summed E-state index contributed by atoms with van der Waals surface area (Å²) in [7, 11) is 4.97. The Morgan fingerprint density at radius 1 is 1.50 bits per heavy atom. The highest BCUT2D eigenvalue weighted by atomic mass is 79.9. The lowest BCUT2D eigenvalue weighted by molar-refractivity contribution is -0.142. The highest BCUT2D eigenvalue weighted by molar-refractivity contribution is 9.10. The Kier molecular flexibility index (Phi) is 4.32. The first kappa shape index (κ1) is 13.0. The minimum Gasteiger partial charge on any atom is -0.496 e. The maximum absolute atomic E-state index is 11.2. The number of hydrogen-bond acceptors (Lipinski definition) is 3. The minimum absolute atomic E-state index is 0.573. The van der Waals surface area contributed by atoms with E-state index in [-0.39, 0.29) is 0 Å². The van der Waals surface area contributed by atoms with E-state index in [2.05, 4.69) is 15.9 Å². The topological polar surface area (TPSA) is 49.8 Å². The van der Waals surface area contributed by atoms with Crippen LogP contribution in [0, 0.1) is 0 Å². The molecule has 16 heavy (non-hydrogen) atoms. The van der Waals surface area contributed by atoms with E-state index in [1.165, 1.54) is 7.11 Å². The van der Waals surface area contributed by atoms with Crippen LogP contribution in [0.3, 0.4) is 0 Å². The summed E-state index contributed by atoms with van der Waals surface area (Å²) in [6.45, 7) is 0. The molecule has 88 valence electrons. The van der Waals surface area contributed by atoms with Crippen LogP contribution in [0.25, 0.3) is 0 Å². The highest BCUT2D eigenvalue weighted by Crippen LogP contribution is 2.31. The zero-order valence-corrected chi connectivity index (χ0v) is 11.0. The number of nitrogens with zero attached hydrogens (tertiary/aromatic N) is 1. The van der Waals surface area contributed by atoms with Crippen LogP contribution < -0.4 is 4.74 Å². The smallest absolute Gasteiger partial charge is 0.325 e. The lowest BCUT2D eigenvalue weighted by atomic mass is 10.1. The molecule has 0 aliphatic heterocycles. The molecule has 0 radical (unpaired) electrons. The van der Waals surface area contributed by atoms with Gasteiger partial charge in [0.2, 0.25) is 0 Å². The average molecular weight is 288 g/mol. The fourth-order valence-electron chi connectivity index (χ4n) is 1.55. The molecule has 0 aliphatic rings. The van der Waals surface area contributed by atoms with Crippen LogP contribution in [-0.2, 0) is 4.79 Å². The molecule has 0 amide bonds. The average Bonchev–Trinajstić information content (AvgIpc) is 2.17. The number of halogens is 1. The largest absolute Gasteiger partial charge is 0.496 e. The molecule has 0 aliphatic carbocycles. The van der Waals surface area contributed by atoms with Crippen molar-refractivity contribution >= 4 is 21.9 Å². The summed E-state index contributed by atoms with van der Waals surface area (Å²) < 4.78 is 6.00. The maximum atomic E-state index is 11.2. The Morgan fingerprint density at radius 2 is 2.12 bits per heavy atom. The maximum Gasteiger partial charge on any atom is 0.325 e. The van der Waals surface area contributed by atoms with Gasteiger partial charge in [-0.3, -0.25) is 9.69 Å². The molecule has 1 aromatic rings. The first-order chi connectivity index (χ1) is 7.47. The Balaban J connectivity index is 3.26. The third kappa shape index (κ3) is 2.74. The quantitative estimate of drug-likeness (QED) is 0.922. The van der Waals surface area contributed by atoms with Gasteiger partial charge in [-0.2, -0.15) is 0 Å². The molecule has 5 heteroatoms. The normalized spacial score (nSPS) is 12.6. The number of likely N-dealkylation sites (N-methyl/N-ethyl adjacent to an activating group) is 1. The molecule has 1 N–H and O–H groups in total. The van der Waals surface area contributed by atoms with Gasteiger partial charge in [0.15, 0.2) is 0 Å². The first-order valence-corrected chi connectivity index (χ1v) is 5.49. The van der Waals surface area contributed by atoms with E-state index in [9.17, 15) is 9.90 Å². The van der Waals surface area contributed by atoms with Crippen LogP contribution in [0.4, 0.5) is 0 Å². The Labute approximate surface area is 103 Å². The highest BCUT2D eigenvalue weighted by Gasteiger charge is 2.25. The summed E-state index contributed by atoms with van der Waals surface area (Å²) in [5.74, 6) is -0.328. The monoisotopic (exact) mass is 287 g/mol. The van der Waals surface area contributed by atoms with Crippen LogP contribution in [0.2, 0.25) is 0 Å². The van der Waals surface area contributed by atoms with E-state index in [1.54, 1.807) is 31.1 Å². The van der Waals surface area contributed by atoms with Gasteiger partial charge < -0.3 is 9.84 Å². The van der Waals surface area contributed by atoms with Gasteiger partial charge in [0.1, 0.15) is 11.8 Å². The lowest BCUT2D eigenvalue weighted by Gasteiger charge is -2.22. The Morgan fingerprint density at radius 3 is 2.56 bits per heavy atom. The molecule has 0 fully saturated rings. The van der Waals surface area contributed by atoms with Crippen molar-refractivity contribution in [2.24, 2.45) is 0 Å². The number of hydrogen-bond donors (Lipinski definition) is 1. The van der Waals surface area contributed by atoms with Crippen molar-refractivity contribution in [3.63, 3.8) is 0 Å². The fraction of sp³-hybridized carbons (Fsp3) is 0.364. The molecule has 1 aromatic carbocycles. The van der Waals surface area contributed by atoms with Crippen LogP contribution in [0.1, 0.15) is 11.6 Å². The van der Waals surface area contributed by atoms with Crippen LogP contribution >= 0.6 is 15.9 Å². The molecule has 0 aromatic heterocycles. The van der Waals surface area contributed by atoms with Gasteiger partial charge in [0, 0.05) is 10.0 Å². The van der Waals surface area contributed by atoms with E-state index in [1.807, 2.05) is 6.07 Å².